The highest BCUT2D eigenvalue weighted by Crippen LogP contribution is 2.52. The van der Waals surface area contributed by atoms with Gasteiger partial charge in [0, 0.05) is 33.9 Å². The van der Waals surface area contributed by atoms with E-state index in [1.807, 2.05) is 17.4 Å². The van der Waals surface area contributed by atoms with E-state index in [4.69, 9.17) is 18.9 Å². The maximum absolute atomic E-state index is 6.35. The molecule has 0 spiro atoms. The first kappa shape index (κ1) is 34.4. The molecule has 1 aromatic heterocycles. The van der Waals surface area contributed by atoms with Gasteiger partial charge >= 0.3 is 0 Å². The molecule has 10 rings (SSSR count). The van der Waals surface area contributed by atoms with E-state index < -0.39 is 0 Å². The molecule has 4 aliphatic rings. The van der Waals surface area contributed by atoms with Crippen LogP contribution in [0, 0.1) is 20.8 Å². The Morgan fingerprint density at radius 1 is 0.564 bits per heavy atom. The van der Waals surface area contributed by atoms with Crippen LogP contribution < -0.4 is 45.1 Å². The highest BCUT2D eigenvalue weighted by Gasteiger charge is 2.47. The van der Waals surface area contributed by atoms with Crippen LogP contribution in [0.1, 0.15) is 69.4 Å². The number of anilines is 6. The third-order valence-electron chi connectivity index (χ3n) is 11.7. The molecular formula is C47H47BN2O4S. The second kappa shape index (κ2) is 12.0. The third kappa shape index (κ3) is 5.27. The summed E-state index contributed by atoms with van der Waals surface area (Å²) in [6.07, 6.45) is 0. The fourth-order valence-corrected chi connectivity index (χ4v) is 10.3. The molecule has 0 bridgehead atoms. The summed E-state index contributed by atoms with van der Waals surface area (Å²) >= 11 is 1.91. The Kier molecular flexibility index (Phi) is 7.49. The fourth-order valence-electron chi connectivity index (χ4n) is 9.07. The van der Waals surface area contributed by atoms with E-state index in [9.17, 15) is 0 Å². The molecule has 0 unspecified atom stereocenters. The minimum Gasteiger partial charge on any atom is -0.486 e. The first-order chi connectivity index (χ1) is 26.3. The maximum atomic E-state index is 6.35. The average Bonchev–Trinajstić information content (AvgIpc) is 3.52. The molecule has 0 fully saturated rings. The molecular weight excluding hydrogens is 699 g/mol. The summed E-state index contributed by atoms with van der Waals surface area (Å²) < 4.78 is 26.1. The Labute approximate surface area is 328 Å². The van der Waals surface area contributed by atoms with Crippen LogP contribution in [0.15, 0.2) is 72.8 Å². The van der Waals surface area contributed by atoms with Crippen LogP contribution in [0.25, 0.3) is 10.1 Å². The molecule has 6 nitrogen and oxygen atoms in total. The van der Waals surface area contributed by atoms with Gasteiger partial charge in [-0.25, -0.2) is 0 Å². The van der Waals surface area contributed by atoms with Crippen molar-refractivity contribution in [3.63, 3.8) is 0 Å². The Hall–Kier alpha value is -5.08. The zero-order valence-corrected chi connectivity index (χ0v) is 34.1. The predicted octanol–water partition coefficient (Wildman–Crippen LogP) is 10.0. The van der Waals surface area contributed by atoms with Crippen molar-refractivity contribution in [2.24, 2.45) is 0 Å². The normalized spacial score (nSPS) is 15.5. The van der Waals surface area contributed by atoms with Crippen molar-refractivity contribution < 1.29 is 18.9 Å². The van der Waals surface area contributed by atoms with E-state index in [0.717, 1.165) is 40.1 Å². The van der Waals surface area contributed by atoms with Gasteiger partial charge in [0.15, 0.2) is 23.0 Å². The van der Waals surface area contributed by atoms with Crippen LogP contribution in [0.3, 0.4) is 0 Å². The van der Waals surface area contributed by atoms with Crippen molar-refractivity contribution in [3.05, 3.63) is 101 Å². The molecule has 0 saturated heterocycles. The summed E-state index contributed by atoms with van der Waals surface area (Å²) in [5.41, 5.74) is 16.0. The van der Waals surface area contributed by atoms with Crippen LogP contribution in [0.5, 0.6) is 23.0 Å². The van der Waals surface area contributed by atoms with Gasteiger partial charge in [0.25, 0.3) is 6.71 Å². The number of thiophene rings is 1. The molecule has 278 valence electrons. The number of rotatable bonds is 2. The SMILES string of the molecule is Cc1cc2c3c(c1)N(c1c(C)cc(C(C)(C)C)cc1C)c1sc4ccc(C(C)(C)C)cc4c1B3c1cc3c(cc1N2c1ccc2c(c1)OCCO2)OCCO3. The van der Waals surface area contributed by atoms with Crippen LogP contribution in [0.4, 0.5) is 33.4 Å². The number of hydrogen-bond donors (Lipinski definition) is 0. The third-order valence-corrected chi connectivity index (χ3v) is 12.9. The van der Waals surface area contributed by atoms with Gasteiger partial charge in [0.2, 0.25) is 0 Å². The van der Waals surface area contributed by atoms with Crippen molar-refractivity contribution >= 4 is 78.0 Å². The van der Waals surface area contributed by atoms with Crippen LogP contribution in [-0.4, -0.2) is 33.1 Å². The Morgan fingerprint density at radius 2 is 1.16 bits per heavy atom. The molecule has 0 N–H and O–H groups in total. The minimum absolute atomic E-state index is 0.00272. The van der Waals surface area contributed by atoms with E-state index in [1.165, 1.54) is 70.7 Å². The molecule has 4 aliphatic heterocycles. The van der Waals surface area contributed by atoms with Gasteiger partial charge < -0.3 is 28.7 Å². The molecule has 5 heterocycles. The Bertz CT molecular complexity index is 2570. The van der Waals surface area contributed by atoms with Crippen LogP contribution in [-0.2, 0) is 10.8 Å². The van der Waals surface area contributed by atoms with E-state index in [-0.39, 0.29) is 17.5 Å². The standard InChI is InChI=1S/C47H47BN2O4S/c1-26-18-35-43-36(19-26)50(44-27(2)20-30(21-28(44)3)47(7,8)9)45-42(32-22-29(46(4,5)6)10-13-41(32)55-45)48(43)33-24-39-40(54-17-16-53-39)25-34(33)49(35)31-11-12-37-38(23-31)52-15-14-51-37/h10-13,18-25H,14-17H2,1-9H3. The lowest BCUT2D eigenvalue weighted by Crippen LogP contribution is -2.61. The van der Waals surface area contributed by atoms with Gasteiger partial charge in [-0.15, -0.1) is 11.3 Å². The van der Waals surface area contributed by atoms with Crippen molar-refractivity contribution in [3.8, 4) is 23.0 Å². The van der Waals surface area contributed by atoms with E-state index in [0.29, 0.717) is 26.4 Å². The number of ether oxygens (including phenoxy) is 4. The predicted molar refractivity (Wildman–Crippen MR) is 229 cm³/mol. The van der Waals surface area contributed by atoms with Crippen molar-refractivity contribution in [1.82, 2.24) is 0 Å². The van der Waals surface area contributed by atoms with Crippen molar-refractivity contribution in [2.45, 2.75) is 73.1 Å². The summed E-state index contributed by atoms with van der Waals surface area (Å²) in [6, 6.07) is 27.5. The molecule has 6 aromatic rings. The zero-order valence-electron chi connectivity index (χ0n) is 33.3. The molecule has 8 heteroatoms. The topological polar surface area (TPSA) is 43.4 Å². The summed E-state index contributed by atoms with van der Waals surface area (Å²) in [5, 5.41) is 2.59. The van der Waals surface area contributed by atoms with Crippen molar-refractivity contribution in [1.29, 1.82) is 0 Å². The van der Waals surface area contributed by atoms with Gasteiger partial charge in [0.1, 0.15) is 26.4 Å². The van der Waals surface area contributed by atoms with E-state index in [2.05, 4.69) is 139 Å². The quantitative estimate of drug-likeness (QED) is 0.164. The lowest BCUT2D eigenvalue weighted by atomic mass is 9.33. The second-order valence-corrected chi connectivity index (χ2v) is 18.7. The molecule has 5 aromatic carbocycles. The van der Waals surface area contributed by atoms with E-state index >= 15 is 0 Å². The molecule has 0 amide bonds. The largest absolute Gasteiger partial charge is 0.486 e. The lowest BCUT2D eigenvalue weighted by Gasteiger charge is -2.44. The molecule has 0 aliphatic carbocycles. The van der Waals surface area contributed by atoms with Crippen LogP contribution >= 0.6 is 11.3 Å². The smallest absolute Gasteiger partial charge is 0.254 e. The molecule has 0 radical (unpaired) electrons. The number of fused-ring (bicyclic) bond motifs is 8. The first-order valence-corrected chi connectivity index (χ1v) is 20.3. The fraction of sp³-hybridized carbons (Fsp3) is 0.319. The second-order valence-electron chi connectivity index (χ2n) is 17.7. The van der Waals surface area contributed by atoms with Crippen molar-refractivity contribution in [2.75, 3.05) is 36.2 Å². The summed E-state index contributed by atoms with van der Waals surface area (Å²) in [6.45, 7) is 22.7. The number of hydrogen-bond acceptors (Lipinski definition) is 7. The first-order valence-electron chi connectivity index (χ1n) is 19.5. The monoisotopic (exact) mass is 746 g/mol. The van der Waals surface area contributed by atoms with Gasteiger partial charge in [-0.1, -0.05) is 65.8 Å². The lowest BCUT2D eigenvalue weighted by molar-refractivity contribution is 0.171. The molecule has 0 atom stereocenters. The zero-order chi connectivity index (χ0) is 38.1. The van der Waals surface area contributed by atoms with Gasteiger partial charge in [-0.3, -0.25) is 0 Å². The Balaban J connectivity index is 1.33. The van der Waals surface area contributed by atoms with Gasteiger partial charge in [0.05, 0.1) is 16.4 Å². The summed E-state index contributed by atoms with van der Waals surface area (Å²) in [7, 11) is 0. The van der Waals surface area contributed by atoms with Crippen LogP contribution in [0.2, 0.25) is 0 Å². The highest BCUT2D eigenvalue weighted by molar-refractivity contribution is 7.26. The highest BCUT2D eigenvalue weighted by atomic mass is 32.1. The molecule has 0 saturated carbocycles. The maximum Gasteiger partial charge on any atom is 0.254 e. The number of nitrogens with zero attached hydrogens (tertiary/aromatic N) is 2. The molecule has 55 heavy (non-hydrogen) atoms. The average molecular weight is 747 g/mol. The minimum atomic E-state index is -0.0467. The number of benzene rings is 5. The van der Waals surface area contributed by atoms with E-state index in [1.54, 1.807) is 0 Å². The summed E-state index contributed by atoms with van der Waals surface area (Å²) in [4.78, 5) is 5.01. The van der Waals surface area contributed by atoms with Gasteiger partial charge in [-0.2, -0.15) is 0 Å². The Morgan fingerprint density at radius 3 is 1.82 bits per heavy atom. The number of aryl methyl sites for hydroxylation is 3. The van der Waals surface area contributed by atoms with Gasteiger partial charge in [-0.05, 0) is 118 Å². The summed E-state index contributed by atoms with van der Waals surface area (Å²) in [5.74, 6) is 3.11.